The Morgan fingerprint density at radius 3 is 1.67 bits per heavy atom. The van der Waals surface area contributed by atoms with Crippen LogP contribution in [-0.4, -0.2) is 14.7 Å². The van der Waals surface area contributed by atoms with Gasteiger partial charge in [0.2, 0.25) is 0 Å². The van der Waals surface area contributed by atoms with E-state index in [1.807, 2.05) is 48.8 Å². The van der Waals surface area contributed by atoms with Gasteiger partial charge in [-0.1, -0.05) is 133 Å². The average Bonchev–Trinajstić information content (AvgIpc) is 3.45. The maximum absolute atomic E-state index is 11.9. The van der Waals surface area contributed by atoms with Gasteiger partial charge in [0.15, 0.2) is 0 Å². The summed E-state index contributed by atoms with van der Waals surface area (Å²) in [5, 5.41) is 14.0. The molecule has 0 aliphatic rings. The zero-order valence-corrected chi connectivity index (χ0v) is 19.8. The van der Waals surface area contributed by atoms with Crippen LogP contribution < -0.4 is 0 Å². The SMILES string of the molecule is OC(c1cccc2ccccc12)c1cncn1C(c1ccccc1)(c1ccccc1)c1ccccc1. The Kier molecular flexibility index (Phi) is 5.68. The van der Waals surface area contributed by atoms with Crippen molar-refractivity contribution < 1.29 is 5.11 Å². The fourth-order valence-corrected chi connectivity index (χ4v) is 5.39. The molecule has 1 N–H and O–H groups in total. The highest BCUT2D eigenvalue weighted by molar-refractivity contribution is 5.86. The zero-order chi connectivity index (χ0) is 24.4. The van der Waals surface area contributed by atoms with E-state index in [9.17, 15) is 5.11 Å². The predicted octanol–water partition coefficient (Wildman–Crippen LogP) is 6.96. The molecule has 0 bridgehead atoms. The van der Waals surface area contributed by atoms with Crippen LogP contribution in [0, 0.1) is 0 Å². The summed E-state index contributed by atoms with van der Waals surface area (Å²) in [4.78, 5) is 4.59. The number of fused-ring (bicyclic) bond motifs is 1. The van der Waals surface area contributed by atoms with Crippen molar-refractivity contribution in [1.82, 2.24) is 9.55 Å². The van der Waals surface area contributed by atoms with Gasteiger partial charge >= 0.3 is 0 Å². The maximum Gasteiger partial charge on any atom is 0.122 e. The van der Waals surface area contributed by atoms with Crippen LogP contribution in [0.5, 0.6) is 0 Å². The summed E-state index contributed by atoms with van der Waals surface area (Å²) in [5.41, 5.74) is 4.12. The highest BCUT2D eigenvalue weighted by atomic mass is 16.3. The number of hydrogen-bond donors (Lipinski definition) is 1. The van der Waals surface area contributed by atoms with Crippen LogP contribution in [0.2, 0.25) is 0 Å². The number of imidazole rings is 1. The minimum absolute atomic E-state index is 0.725. The third kappa shape index (κ3) is 3.53. The highest BCUT2D eigenvalue weighted by Gasteiger charge is 2.40. The molecule has 0 saturated carbocycles. The summed E-state index contributed by atoms with van der Waals surface area (Å²) in [5.74, 6) is 0. The number of aliphatic hydroxyl groups excluding tert-OH is 1. The van der Waals surface area contributed by atoms with Crippen LogP contribution in [-0.2, 0) is 5.54 Å². The molecule has 5 aromatic carbocycles. The quantitative estimate of drug-likeness (QED) is 0.270. The van der Waals surface area contributed by atoms with Crippen LogP contribution in [0.25, 0.3) is 10.8 Å². The molecule has 1 atom stereocenters. The Labute approximate surface area is 211 Å². The lowest BCUT2D eigenvalue weighted by Gasteiger charge is -2.39. The van der Waals surface area contributed by atoms with E-state index in [0.29, 0.717) is 0 Å². The van der Waals surface area contributed by atoms with E-state index in [-0.39, 0.29) is 0 Å². The topological polar surface area (TPSA) is 38.1 Å². The van der Waals surface area contributed by atoms with E-state index in [1.54, 1.807) is 6.20 Å². The third-order valence-electron chi connectivity index (χ3n) is 7.00. The second-order valence-corrected chi connectivity index (χ2v) is 8.97. The van der Waals surface area contributed by atoms with Crippen LogP contribution in [0.4, 0.5) is 0 Å². The van der Waals surface area contributed by atoms with Crippen LogP contribution in [0.3, 0.4) is 0 Å². The van der Waals surface area contributed by atoms with Crippen molar-refractivity contribution in [2.75, 3.05) is 0 Å². The second-order valence-electron chi connectivity index (χ2n) is 8.97. The number of hydrogen-bond acceptors (Lipinski definition) is 2. The second kappa shape index (κ2) is 9.29. The number of benzene rings is 5. The molecule has 0 fully saturated rings. The van der Waals surface area contributed by atoms with Gasteiger partial charge in [-0.3, -0.25) is 0 Å². The first-order chi connectivity index (χ1) is 17.8. The summed E-state index contributed by atoms with van der Waals surface area (Å²) in [6, 6.07) is 45.6. The number of nitrogens with zero attached hydrogens (tertiary/aromatic N) is 2. The fraction of sp³-hybridized carbons (Fsp3) is 0.0606. The normalized spacial score (nSPS) is 12.5. The maximum atomic E-state index is 11.9. The molecule has 0 saturated heterocycles. The van der Waals surface area contributed by atoms with Gasteiger partial charge < -0.3 is 9.67 Å². The molecule has 1 aromatic heterocycles. The van der Waals surface area contributed by atoms with Crippen molar-refractivity contribution in [2.24, 2.45) is 0 Å². The minimum Gasteiger partial charge on any atom is -0.382 e. The van der Waals surface area contributed by atoms with Crippen molar-refractivity contribution in [3.8, 4) is 0 Å². The van der Waals surface area contributed by atoms with Gasteiger partial charge in [-0.05, 0) is 33.0 Å². The molecule has 6 rings (SSSR count). The molecule has 3 heteroatoms. The first kappa shape index (κ1) is 22.0. The molecule has 0 spiro atoms. The van der Waals surface area contributed by atoms with E-state index >= 15 is 0 Å². The lowest BCUT2D eigenvalue weighted by Crippen LogP contribution is -2.39. The predicted molar refractivity (Wildman–Crippen MR) is 145 cm³/mol. The average molecular weight is 467 g/mol. The van der Waals surface area contributed by atoms with E-state index < -0.39 is 11.6 Å². The Hall–Kier alpha value is -4.47. The summed E-state index contributed by atoms with van der Waals surface area (Å²) in [6.07, 6.45) is 2.77. The Morgan fingerprint density at radius 2 is 1.08 bits per heavy atom. The summed E-state index contributed by atoms with van der Waals surface area (Å²) in [7, 11) is 0. The molecule has 1 unspecified atom stereocenters. The number of aromatic nitrogens is 2. The van der Waals surface area contributed by atoms with Gasteiger partial charge in [0.05, 0.1) is 18.2 Å². The first-order valence-corrected chi connectivity index (χ1v) is 12.1. The molecular weight excluding hydrogens is 440 g/mol. The van der Waals surface area contributed by atoms with Crippen molar-refractivity contribution in [1.29, 1.82) is 0 Å². The fourth-order valence-electron chi connectivity index (χ4n) is 5.39. The molecular formula is C33H26N2O. The molecule has 0 radical (unpaired) electrons. The number of rotatable bonds is 6. The van der Waals surface area contributed by atoms with Crippen molar-refractivity contribution >= 4 is 10.8 Å². The van der Waals surface area contributed by atoms with Crippen LogP contribution in [0.15, 0.2) is 146 Å². The van der Waals surface area contributed by atoms with Crippen molar-refractivity contribution in [3.05, 3.63) is 174 Å². The lowest BCUT2D eigenvalue weighted by atomic mass is 9.76. The van der Waals surface area contributed by atoms with E-state index in [0.717, 1.165) is 38.7 Å². The van der Waals surface area contributed by atoms with E-state index in [1.165, 1.54) is 0 Å². The Balaban J connectivity index is 1.66. The third-order valence-corrected chi connectivity index (χ3v) is 7.00. The van der Waals surface area contributed by atoms with Gasteiger partial charge in [0.25, 0.3) is 0 Å². The zero-order valence-electron chi connectivity index (χ0n) is 19.8. The Bertz CT molecular complexity index is 1490. The monoisotopic (exact) mass is 466 g/mol. The standard InChI is InChI=1S/C33H26N2O/c36-32(30-22-12-14-25-13-10-11-21-29(25)30)31-23-34-24-35(31)33(26-15-4-1-5-16-26,27-17-6-2-7-18-27)28-19-8-3-9-20-28/h1-24,32,36H. The Morgan fingerprint density at radius 1 is 0.583 bits per heavy atom. The molecule has 0 aliphatic carbocycles. The smallest absolute Gasteiger partial charge is 0.122 e. The largest absolute Gasteiger partial charge is 0.382 e. The molecule has 0 amide bonds. The molecule has 6 aromatic rings. The van der Waals surface area contributed by atoms with E-state index in [4.69, 9.17) is 0 Å². The molecule has 1 heterocycles. The van der Waals surface area contributed by atoms with Crippen LogP contribution in [0.1, 0.15) is 34.1 Å². The van der Waals surface area contributed by atoms with Crippen molar-refractivity contribution in [2.45, 2.75) is 11.6 Å². The summed E-state index contributed by atoms with van der Waals surface area (Å²) >= 11 is 0. The van der Waals surface area contributed by atoms with Gasteiger partial charge in [0, 0.05) is 0 Å². The van der Waals surface area contributed by atoms with Crippen molar-refractivity contribution in [3.63, 3.8) is 0 Å². The minimum atomic E-state index is -0.867. The lowest BCUT2D eigenvalue weighted by molar-refractivity contribution is 0.207. The summed E-state index contributed by atoms with van der Waals surface area (Å²) < 4.78 is 2.14. The molecule has 0 aliphatic heterocycles. The molecule has 174 valence electrons. The van der Waals surface area contributed by atoms with Gasteiger partial charge in [-0.2, -0.15) is 0 Å². The van der Waals surface area contributed by atoms with Gasteiger partial charge in [0.1, 0.15) is 11.6 Å². The van der Waals surface area contributed by atoms with Gasteiger partial charge in [-0.25, -0.2) is 4.98 Å². The molecule has 36 heavy (non-hydrogen) atoms. The summed E-state index contributed by atoms with van der Waals surface area (Å²) in [6.45, 7) is 0. The number of aliphatic hydroxyl groups is 1. The van der Waals surface area contributed by atoms with Crippen LogP contribution >= 0.6 is 0 Å². The first-order valence-electron chi connectivity index (χ1n) is 12.1. The van der Waals surface area contributed by atoms with Gasteiger partial charge in [-0.15, -0.1) is 0 Å². The molecule has 3 nitrogen and oxygen atoms in total. The van der Waals surface area contributed by atoms with E-state index in [2.05, 4.69) is 101 Å². The highest BCUT2D eigenvalue weighted by Crippen LogP contribution is 2.43.